The maximum atomic E-state index is 13.7. The Morgan fingerprint density at radius 1 is 1.18 bits per heavy atom. The van der Waals surface area contributed by atoms with Crippen LogP contribution in [-0.2, 0) is 19.1 Å². The number of carbonyl (C=O) groups is 4. The lowest BCUT2D eigenvalue weighted by atomic mass is 9.85. The van der Waals surface area contributed by atoms with Gasteiger partial charge < -0.3 is 20.3 Å². The predicted octanol–water partition coefficient (Wildman–Crippen LogP) is 1.32. The van der Waals surface area contributed by atoms with Crippen LogP contribution in [0.15, 0.2) is 18.6 Å². The Bertz CT molecular complexity index is 916. The van der Waals surface area contributed by atoms with E-state index < -0.39 is 35.4 Å². The summed E-state index contributed by atoms with van der Waals surface area (Å²) in [5.41, 5.74) is -0.537. The molecular formula is C24H35N5O5. The Morgan fingerprint density at radius 3 is 2.53 bits per heavy atom. The molecule has 34 heavy (non-hydrogen) atoms. The number of nitrogens with one attached hydrogen (secondary N) is 2. The van der Waals surface area contributed by atoms with Gasteiger partial charge in [0.1, 0.15) is 23.8 Å². The predicted molar refractivity (Wildman–Crippen MR) is 123 cm³/mol. The number of carbonyl (C=O) groups excluding carboxylic acids is 4. The molecule has 2 N–H and O–H groups in total. The minimum atomic E-state index is -0.911. The largest absolute Gasteiger partial charge is 0.464 e. The maximum absolute atomic E-state index is 13.7. The first-order valence-corrected chi connectivity index (χ1v) is 11.9. The molecule has 0 radical (unpaired) electrons. The summed E-state index contributed by atoms with van der Waals surface area (Å²) >= 11 is 0. The van der Waals surface area contributed by atoms with Gasteiger partial charge in [0.2, 0.25) is 11.8 Å². The van der Waals surface area contributed by atoms with Crippen LogP contribution in [0.2, 0.25) is 0 Å². The molecule has 186 valence electrons. The van der Waals surface area contributed by atoms with Crippen LogP contribution in [0.4, 0.5) is 0 Å². The number of rotatable bonds is 7. The molecule has 0 unspecified atom stereocenters. The summed E-state index contributed by atoms with van der Waals surface area (Å²) in [4.78, 5) is 61.3. The number of esters is 1. The molecule has 3 rings (SSSR count). The minimum Gasteiger partial charge on any atom is -0.464 e. The standard InChI is InChI=1S/C24H35N5O5/c1-6-34-23(33)18-16-9-7-8-15(16)13-29(18)22(32)19(24(3,4)5)28-20(30)14(2)27-21(31)17-12-25-10-11-26-17/h10-12,14-16,18-19H,6-9,13H2,1-5H3,(H,27,31)(H,28,30)/t14-,15-,16-,18-,19+/m0/s1. The number of ether oxygens (including phenoxy) is 1. The third-order valence-corrected chi connectivity index (χ3v) is 6.64. The average Bonchev–Trinajstić information content (AvgIpc) is 3.38. The van der Waals surface area contributed by atoms with Crippen LogP contribution in [0.25, 0.3) is 0 Å². The van der Waals surface area contributed by atoms with Crippen molar-refractivity contribution in [2.75, 3.05) is 13.2 Å². The zero-order valence-corrected chi connectivity index (χ0v) is 20.5. The Labute approximate surface area is 200 Å². The SMILES string of the molecule is CCOC(=O)[C@@H]1[C@H]2CCC[C@H]2CN1C(=O)[C@@H](NC(=O)[C@H](C)NC(=O)c1cnccn1)C(C)(C)C. The molecule has 1 saturated carbocycles. The van der Waals surface area contributed by atoms with Gasteiger partial charge in [-0.1, -0.05) is 27.2 Å². The second kappa shape index (κ2) is 10.5. The first-order chi connectivity index (χ1) is 16.0. The van der Waals surface area contributed by atoms with Gasteiger partial charge in [-0.3, -0.25) is 19.4 Å². The molecule has 1 aliphatic heterocycles. The van der Waals surface area contributed by atoms with Crippen molar-refractivity contribution in [3.63, 3.8) is 0 Å². The second-order valence-electron chi connectivity index (χ2n) is 10.1. The Morgan fingerprint density at radius 2 is 1.91 bits per heavy atom. The van der Waals surface area contributed by atoms with Crippen molar-refractivity contribution in [3.05, 3.63) is 24.3 Å². The third kappa shape index (κ3) is 5.53. The van der Waals surface area contributed by atoms with E-state index in [-0.39, 0.29) is 36.0 Å². The topological polar surface area (TPSA) is 131 Å². The normalized spacial score (nSPS) is 23.6. The van der Waals surface area contributed by atoms with Crippen molar-refractivity contribution in [2.24, 2.45) is 17.3 Å². The molecule has 2 heterocycles. The summed E-state index contributed by atoms with van der Waals surface area (Å²) < 4.78 is 5.31. The Balaban J connectivity index is 1.74. The van der Waals surface area contributed by atoms with Crippen LogP contribution in [0, 0.1) is 17.3 Å². The molecule has 1 aliphatic carbocycles. The highest BCUT2D eigenvalue weighted by Gasteiger charge is 2.52. The Kier molecular flexibility index (Phi) is 7.89. The summed E-state index contributed by atoms with van der Waals surface area (Å²) in [7, 11) is 0. The quantitative estimate of drug-likeness (QED) is 0.571. The number of aromatic nitrogens is 2. The molecule has 10 nitrogen and oxygen atoms in total. The summed E-state index contributed by atoms with van der Waals surface area (Å²) in [5, 5.41) is 5.40. The number of hydrogen-bond donors (Lipinski definition) is 2. The molecule has 0 aromatic carbocycles. The first kappa shape index (κ1) is 25.6. The fourth-order valence-electron chi connectivity index (χ4n) is 4.90. The molecular weight excluding hydrogens is 438 g/mol. The van der Waals surface area contributed by atoms with Gasteiger partial charge in [-0.25, -0.2) is 9.78 Å². The highest BCUT2D eigenvalue weighted by atomic mass is 16.5. The number of fused-ring (bicyclic) bond motifs is 1. The summed E-state index contributed by atoms with van der Waals surface area (Å²) in [6.07, 6.45) is 7.04. The van der Waals surface area contributed by atoms with Crippen LogP contribution in [0.1, 0.15) is 64.4 Å². The second-order valence-corrected chi connectivity index (χ2v) is 10.1. The molecule has 0 bridgehead atoms. The van der Waals surface area contributed by atoms with E-state index in [0.717, 1.165) is 19.3 Å². The van der Waals surface area contributed by atoms with Gasteiger partial charge in [-0.05, 0) is 43.9 Å². The van der Waals surface area contributed by atoms with Crippen molar-refractivity contribution in [1.29, 1.82) is 0 Å². The molecule has 10 heteroatoms. The Hall–Kier alpha value is -3.04. The maximum Gasteiger partial charge on any atom is 0.329 e. The summed E-state index contributed by atoms with van der Waals surface area (Å²) in [6, 6.07) is -2.42. The zero-order chi connectivity index (χ0) is 25.0. The van der Waals surface area contributed by atoms with Crippen LogP contribution in [0.5, 0.6) is 0 Å². The molecule has 1 aromatic heterocycles. The van der Waals surface area contributed by atoms with E-state index in [1.165, 1.54) is 25.5 Å². The van der Waals surface area contributed by atoms with Crippen LogP contribution >= 0.6 is 0 Å². The van der Waals surface area contributed by atoms with Crippen LogP contribution in [-0.4, -0.2) is 69.8 Å². The smallest absolute Gasteiger partial charge is 0.329 e. The van der Waals surface area contributed by atoms with Gasteiger partial charge in [0.15, 0.2) is 0 Å². The van der Waals surface area contributed by atoms with Crippen LogP contribution < -0.4 is 10.6 Å². The number of nitrogens with zero attached hydrogens (tertiary/aromatic N) is 3. The lowest BCUT2D eigenvalue weighted by Crippen LogP contribution is -2.59. The van der Waals surface area contributed by atoms with E-state index in [9.17, 15) is 19.2 Å². The van der Waals surface area contributed by atoms with Gasteiger partial charge in [-0.2, -0.15) is 0 Å². The van der Waals surface area contributed by atoms with E-state index in [1.807, 2.05) is 20.8 Å². The van der Waals surface area contributed by atoms with Crippen molar-refractivity contribution in [2.45, 2.75) is 72.0 Å². The summed E-state index contributed by atoms with van der Waals surface area (Å²) in [5.74, 6) is -1.37. The van der Waals surface area contributed by atoms with E-state index >= 15 is 0 Å². The molecule has 0 spiro atoms. The van der Waals surface area contributed by atoms with Gasteiger partial charge in [0.05, 0.1) is 12.8 Å². The van der Waals surface area contributed by atoms with Crippen LogP contribution in [0.3, 0.4) is 0 Å². The van der Waals surface area contributed by atoms with Crippen molar-refractivity contribution < 1.29 is 23.9 Å². The molecule has 2 aliphatic rings. The zero-order valence-electron chi connectivity index (χ0n) is 20.5. The number of likely N-dealkylation sites (tertiary alicyclic amines) is 1. The summed E-state index contributed by atoms with van der Waals surface area (Å²) in [6.45, 7) is 9.58. The van der Waals surface area contributed by atoms with Crippen molar-refractivity contribution in [1.82, 2.24) is 25.5 Å². The van der Waals surface area contributed by atoms with E-state index in [0.29, 0.717) is 6.54 Å². The fourth-order valence-corrected chi connectivity index (χ4v) is 4.90. The van der Waals surface area contributed by atoms with Crippen molar-refractivity contribution in [3.8, 4) is 0 Å². The highest BCUT2D eigenvalue weighted by molar-refractivity contribution is 5.97. The monoisotopic (exact) mass is 473 g/mol. The molecule has 2 fully saturated rings. The van der Waals surface area contributed by atoms with Gasteiger partial charge in [0.25, 0.3) is 5.91 Å². The number of hydrogen-bond acceptors (Lipinski definition) is 7. The van der Waals surface area contributed by atoms with Gasteiger partial charge in [-0.15, -0.1) is 0 Å². The lowest BCUT2D eigenvalue weighted by molar-refractivity contribution is -0.156. The average molecular weight is 474 g/mol. The molecule has 1 saturated heterocycles. The molecule has 5 atom stereocenters. The molecule has 3 amide bonds. The lowest BCUT2D eigenvalue weighted by Gasteiger charge is -2.36. The fraction of sp³-hybridized carbons (Fsp3) is 0.667. The third-order valence-electron chi connectivity index (χ3n) is 6.64. The van der Waals surface area contributed by atoms with E-state index in [2.05, 4.69) is 20.6 Å². The van der Waals surface area contributed by atoms with E-state index in [4.69, 9.17) is 4.74 Å². The van der Waals surface area contributed by atoms with Gasteiger partial charge in [0, 0.05) is 18.9 Å². The van der Waals surface area contributed by atoms with Gasteiger partial charge >= 0.3 is 5.97 Å². The van der Waals surface area contributed by atoms with E-state index in [1.54, 1.807) is 11.8 Å². The highest BCUT2D eigenvalue weighted by Crippen LogP contribution is 2.43. The minimum absolute atomic E-state index is 0.0875. The number of amides is 3. The molecule has 1 aromatic rings. The van der Waals surface area contributed by atoms with Crippen molar-refractivity contribution >= 4 is 23.7 Å². The first-order valence-electron chi connectivity index (χ1n) is 11.9.